The van der Waals surface area contributed by atoms with Crippen LogP contribution in [0.25, 0.3) is 0 Å². The van der Waals surface area contributed by atoms with E-state index < -0.39 is 11.4 Å². The van der Waals surface area contributed by atoms with Gasteiger partial charge in [0.25, 0.3) is 0 Å². The smallest absolute Gasteiger partial charge is 0.314 e. The predicted molar refractivity (Wildman–Crippen MR) is 65.8 cm³/mol. The van der Waals surface area contributed by atoms with Crippen molar-refractivity contribution in [2.45, 2.75) is 31.1 Å². The van der Waals surface area contributed by atoms with Crippen molar-refractivity contribution in [1.29, 1.82) is 0 Å². The summed E-state index contributed by atoms with van der Waals surface area (Å²) >= 11 is 6.18. The van der Waals surface area contributed by atoms with Crippen LogP contribution in [0.5, 0.6) is 5.75 Å². The van der Waals surface area contributed by atoms with E-state index >= 15 is 0 Å². The average molecular weight is 255 g/mol. The van der Waals surface area contributed by atoms with Gasteiger partial charge in [0, 0.05) is 10.6 Å². The molecule has 1 fully saturated rings. The second-order valence-corrected chi connectivity index (χ2v) is 4.82. The molecule has 1 aromatic rings. The fourth-order valence-electron chi connectivity index (χ4n) is 2.69. The highest BCUT2D eigenvalue weighted by molar-refractivity contribution is 6.32. The summed E-state index contributed by atoms with van der Waals surface area (Å²) in [6.45, 7) is 0. The number of carboxylic acid groups (broad SMARTS) is 1. The molecule has 1 N–H and O–H groups in total. The summed E-state index contributed by atoms with van der Waals surface area (Å²) in [4.78, 5) is 11.6. The van der Waals surface area contributed by atoms with Gasteiger partial charge in [-0.1, -0.05) is 30.5 Å². The number of rotatable bonds is 3. The molecule has 0 atom stereocenters. The van der Waals surface area contributed by atoms with Crippen molar-refractivity contribution in [2.24, 2.45) is 0 Å². The van der Waals surface area contributed by atoms with Gasteiger partial charge < -0.3 is 9.84 Å². The molecule has 0 unspecified atom stereocenters. The number of hydrogen-bond acceptors (Lipinski definition) is 2. The molecule has 3 nitrogen and oxygen atoms in total. The molecule has 0 aliphatic heterocycles. The standard InChI is InChI=1S/C13H15ClO3/c1-17-10-6-4-5-9(14)11(10)13(12(15)16)7-2-3-8-13/h4-6H,2-3,7-8H2,1H3,(H,15,16). The Kier molecular flexibility index (Phi) is 3.29. The van der Waals surface area contributed by atoms with Crippen LogP contribution in [0.2, 0.25) is 5.02 Å². The van der Waals surface area contributed by atoms with E-state index in [1.54, 1.807) is 25.3 Å². The third-order valence-corrected chi connectivity index (χ3v) is 3.86. The predicted octanol–water partition coefficient (Wildman–Crippen LogP) is 3.25. The first-order chi connectivity index (χ1) is 8.12. The summed E-state index contributed by atoms with van der Waals surface area (Å²) in [5.74, 6) is -0.233. The van der Waals surface area contributed by atoms with Crippen LogP contribution in [0.4, 0.5) is 0 Å². The maximum atomic E-state index is 11.6. The molecule has 1 aliphatic rings. The van der Waals surface area contributed by atoms with E-state index in [0.717, 1.165) is 12.8 Å². The van der Waals surface area contributed by atoms with Crippen LogP contribution in [-0.4, -0.2) is 18.2 Å². The fraction of sp³-hybridized carbons (Fsp3) is 0.462. The van der Waals surface area contributed by atoms with E-state index in [2.05, 4.69) is 0 Å². The molecule has 0 radical (unpaired) electrons. The first kappa shape index (κ1) is 12.2. The van der Waals surface area contributed by atoms with Gasteiger partial charge in [0.15, 0.2) is 0 Å². The zero-order valence-corrected chi connectivity index (χ0v) is 10.5. The van der Waals surface area contributed by atoms with E-state index in [1.165, 1.54) is 0 Å². The Balaban J connectivity index is 2.61. The number of benzene rings is 1. The number of ether oxygens (including phenoxy) is 1. The maximum absolute atomic E-state index is 11.6. The molecular formula is C13H15ClO3. The molecule has 0 bridgehead atoms. The van der Waals surface area contributed by atoms with E-state index in [9.17, 15) is 9.90 Å². The number of methoxy groups -OCH3 is 1. The quantitative estimate of drug-likeness (QED) is 0.901. The molecule has 0 spiro atoms. The van der Waals surface area contributed by atoms with Crippen LogP contribution >= 0.6 is 11.6 Å². The van der Waals surface area contributed by atoms with Crippen LogP contribution in [0.15, 0.2) is 18.2 Å². The normalized spacial score (nSPS) is 18.0. The van der Waals surface area contributed by atoms with Crippen molar-refractivity contribution in [3.05, 3.63) is 28.8 Å². The van der Waals surface area contributed by atoms with Crippen LogP contribution in [0.1, 0.15) is 31.2 Å². The molecule has 92 valence electrons. The zero-order valence-electron chi connectivity index (χ0n) is 9.70. The summed E-state index contributed by atoms with van der Waals surface area (Å²) in [7, 11) is 1.54. The van der Waals surface area contributed by atoms with Crippen molar-refractivity contribution in [2.75, 3.05) is 7.11 Å². The Hall–Kier alpha value is -1.22. The highest BCUT2D eigenvalue weighted by Crippen LogP contribution is 2.47. The summed E-state index contributed by atoms with van der Waals surface area (Å²) in [5.41, 5.74) is -0.238. The lowest BCUT2D eigenvalue weighted by molar-refractivity contribution is -0.143. The summed E-state index contributed by atoms with van der Waals surface area (Å²) in [5, 5.41) is 10.0. The molecular weight excluding hydrogens is 240 g/mol. The Bertz CT molecular complexity index is 436. The second-order valence-electron chi connectivity index (χ2n) is 4.41. The second kappa shape index (κ2) is 4.57. The van der Waals surface area contributed by atoms with Crippen molar-refractivity contribution < 1.29 is 14.6 Å². The van der Waals surface area contributed by atoms with Crippen molar-refractivity contribution >= 4 is 17.6 Å². The monoisotopic (exact) mass is 254 g/mol. The van der Waals surface area contributed by atoms with Gasteiger partial charge in [0.2, 0.25) is 0 Å². The minimum absolute atomic E-state index is 0.480. The van der Waals surface area contributed by atoms with Crippen molar-refractivity contribution in [3.63, 3.8) is 0 Å². The van der Waals surface area contributed by atoms with Gasteiger partial charge in [0.1, 0.15) is 5.75 Å². The zero-order chi connectivity index (χ0) is 12.5. The van der Waals surface area contributed by atoms with Crippen LogP contribution in [0, 0.1) is 0 Å². The molecule has 0 heterocycles. The van der Waals surface area contributed by atoms with Crippen molar-refractivity contribution in [1.82, 2.24) is 0 Å². The molecule has 1 aliphatic carbocycles. The number of carboxylic acids is 1. The maximum Gasteiger partial charge on any atom is 0.314 e. The fourth-order valence-corrected chi connectivity index (χ4v) is 3.03. The average Bonchev–Trinajstić information content (AvgIpc) is 2.78. The van der Waals surface area contributed by atoms with Crippen molar-refractivity contribution in [3.8, 4) is 5.75 Å². The van der Waals surface area contributed by atoms with Gasteiger partial charge in [0.05, 0.1) is 12.5 Å². The highest BCUT2D eigenvalue weighted by atomic mass is 35.5. The molecule has 1 saturated carbocycles. The molecule has 1 aromatic carbocycles. The molecule has 2 rings (SSSR count). The van der Waals surface area contributed by atoms with Gasteiger partial charge >= 0.3 is 5.97 Å². The summed E-state index contributed by atoms with van der Waals surface area (Å²) < 4.78 is 5.27. The Morgan fingerprint density at radius 2 is 2.06 bits per heavy atom. The summed E-state index contributed by atoms with van der Waals surface area (Å²) in [6, 6.07) is 5.27. The lowest BCUT2D eigenvalue weighted by Gasteiger charge is -2.27. The SMILES string of the molecule is COc1cccc(Cl)c1C1(C(=O)O)CCCC1. The Morgan fingerprint density at radius 1 is 1.41 bits per heavy atom. The number of hydrogen-bond donors (Lipinski definition) is 1. The molecule has 0 aromatic heterocycles. The molecule has 0 saturated heterocycles. The third kappa shape index (κ3) is 1.89. The van der Waals surface area contributed by atoms with Gasteiger partial charge in [-0.2, -0.15) is 0 Å². The van der Waals surface area contributed by atoms with E-state index in [1.807, 2.05) is 0 Å². The van der Waals surface area contributed by atoms with Gasteiger partial charge in [-0.05, 0) is 25.0 Å². The third-order valence-electron chi connectivity index (χ3n) is 3.54. The van der Waals surface area contributed by atoms with Gasteiger partial charge in [-0.15, -0.1) is 0 Å². The largest absolute Gasteiger partial charge is 0.496 e. The Labute approximate surface area is 105 Å². The summed E-state index contributed by atoms with van der Waals surface area (Å²) in [6.07, 6.45) is 3.09. The van der Waals surface area contributed by atoms with Gasteiger partial charge in [-0.3, -0.25) is 4.79 Å². The first-order valence-corrected chi connectivity index (χ1v) is 6.06. The van der Waals surface area contributed by atoms with Crippen LogP contribution < -0.4 is 4.74 Å². The molecule has 17 heavy (non-hydrogen) atoms. The van der Waals surface area contributed by atoms with Gasteiger partial charge in [-0.25, -0.2) is 0 Å². The molecule has 0 amide bonds. The lowest BCUT2D eigenvalue weighted by Crippen LogP contribution is -2.33. The Morgan fingerprint density at radius 3 is 2.59 bits per heavy atom. The minimum atomic E-state index is -0.871. The topological polar surface area (TPSA) is 46.5 Å². The minimum Gasteiger partial charge on any atom is -0.496 e. The first-order valence-electron chi connectivity index (χ1n) is 5.68. The number of aliphatic carboxylic acids is 1. The van der Waals surface area contributed by atoms with E-state index in [-0.39, 0.29) is 0 Å². The number of carbonyl (C=O) groups is 1. The number of halogens is 1. The van der Waals surface area contributed by atoms with E-state index in [4.69, 9.17) is 16.3 Å². The lowest BCUT2D eigenvalue weighted by atomic mass is 9.78. The molecule has 4 heteroatoms. The highest BCUT2D eigenvalue weighted by Gasteiger charge is 2.46. The van der Waals surface area contributed by atoms with Crippen LogP contribution in [-0.2, 0) is 10.2 Å². The van der Waals surface area contributed by atoms with Crippen LogP contribution in [0.3, 0.4) is 0 Å². The van der Waals surface area contributed by atoms with E-state index in [0.29, 0.717) is 29.2 Å².